The molecule has 2 aromatic heterocycles. The molecule has 0 bridgehead atoms. The summed E-state index contributed by atoms with van der Waals surface area (Å²) in [6.07, 6.45) is -0.743. The van der Waals surface area contributed by atoms with E-state index in [1.807, 2.05) is 36.4 Å². The van der Waals surface area contributed by atoms with Gasteiger partial charge in [0.2, 0.25) is 5.78 Å². The summed E-state index contributed by atoms with van der Waals surface area (Å²) in [7, 11) is 0. The van der Waals surface area contributed by atoms with Gasteiger partial charge in [-0.25, -0.2) is 4.79 Å². The lowest BCUT2D eigenvalue weighted by Crippen LogP contribution is -2.25. The van der Waals surface area contributed by atoms with Crippen molar-refractivity contribution in [3.05, 3.63) is 65.0 Å². The zero-order chi connectivity index (χ0) is 21.4. The minimum Gasteiger partial charge on any atom is -0.482 e. The largest absolute Gasteiger partial charge is 0.482 e. The third kappa shape index (κ3) is 3.34. The van der Waals surface area contributed by atoms with Crippen molar-refractivity contribution in [3.63, 3.8) is 0 Å². The molecule has 1 N–H and O–H groups in total. The average molecular weight is 405 g/mol. The van der Waals surface area contributed by atoms with Gasteiger partial charge in [-0.05, 0) is 57.5 Å². The highest BCUT2D eigenvalue weighted by Crippen LogP contribution is 2.32. The molecule has 6 nitrogen and oxygen atoms in total. The molecule has 154 valence electrons. The maximum absolute atomic E-state index is 13.0. The number of esters is 1. The first-order valence-electron chi connectivity index (χ1n) is 9.89. The fraction of sp³-hybridized carbons (Fsp3) is 0.250. The summed E-state index contributed by atoms with van der Waals surface area (Å²) in [4.78, 5) is 28.2. The maximum Gasteiger partial charge on any atom is 0.340 e. The van der Waals surface area contributed by atoms with Gasteiger partial charge in [0.25, 0.3) is 0 Å². The van der Waals surface area contributed by atoms with E-state index < -0.39 is 12.1 Å². The number of hydrogen-bond acceptors (Lipinski definition) is 5. The van der Waals surface area contributed by atoms with Gasteiger partial charge in [0.15, 0.2) is 6.10 Å². The maximum atomic E-state index is 13.0. The molecular weight excluding hydrogens is 382 g/mol. The molecule has 0 amide bonds. The topological polar surface area (TPSA) is 81.5 Å². The molecule has 30 heavy (non-hydrogen) atoms. The summed E-state index contributed by atoms with van der Waals surface area (Å²) in [6, 6.07) is 13.3. The molecule has 0 aliphatic rings. The second-order valence-corrected chi connectivity index (χ2v) is 7.23. The number of nitrogens with one attached hydrogen (secondary N) is 1. The highest BCUT2D eigenvalue weighted by Gasteiger charge is 2.26. The van der Waals surface area contributed by atoms with Gasteiger partial charge < -0.3 is 18.9 Å². The molecule has 2 aromatic carbocycles. The molecule has 4 aromatic rings. The van der Waals surface area contributed by atoms with E-state index in [0.717, 1.165) is 21.9 Å². The number of furan rings is 1. The number of aromatic nitrogens is 1. The van der Waals surface area contributed by atoms with Crippen molar-refractivity contribution >= 4 is 33.7 Å². The molecular formula is C24H23NO5. The van der Waals surface area contributed by atoms with Gasteiger partial charge in [-0.1, -0.05) is 18.2 Å². The molecule has 4 rings (SSSR count). The van der Waals surface area contributed by atoms with E-state index >= 15 is 0 Å². The van der Waals surface area contributed by atoms with Crippen LogP contribution in [0.15, 0.2) is 46.9 Å². The van der Waals surface area contributed by atoms with Gasteiger partial charge >= 0.3 is 5.97 Å². The number of ether oxygens (including phenoxy) is 2. The molecule has 6 heteroatoms. The van der Waals surface area contributed by atoms with Crippen LogP contribution in [0.2, 0.25) is 0 Å². The van der Waals surface area contributed by atoms with Gasteiger partial charge in [0, 0.05) is 16.5 Å². The van der Waals surface area contributed by atoms with Gasteiger partial charge in [-0.2, -0.15) is 0 Å². The Bertz CT molecular complexity index is 1260. The zero-order valence-corrected chi connectivity index (χ0v) is 17.4. The second kappa shape index (κ2) is 7.71. The summed E-state index contributed by atoms with van der Waals surface area (Å²) >= 11 is 0. The normalized spacial score (nSPS) is 12.3. The lowest BCUT2D eigenvalue weighted by Gasteiger charge is -2.13. The highest BCUT2D eigenvalue weighted by molar-refractivity contribution is 6.06. The van der Waals surface area contributed by atoms with E-state index in [4.69, 9.17) is 13.9 Å². The fourth-order valence-corrected chi connectivity index (χ4v) is 3.75. The number of fused-ring (bicyclic) bond motifs is 3. The first-order chi connectivity index (χ1) is 14.4. The van der Waals surface area contributed by atoms with Crippen LogP contribution in [0.4, 0.5) is 0 Å². The third-order valence-electron chi connectivity index (χ3n) is 5.19. The fourth-order valence-electron chi connectivity index (χ4n) is 3.75. The van der Waals surface area contributed by atoms with Crippen LogP contribution in [0.25, 0.3) is 21.9 Å². The van der Waals surface area contributed by atoms with E-state index in [1.165, 1.54) is 0 Å². The number of hydrogen-bond donors (Lipinski definition) is 1. The average Bonchev–Trinajstić information content (AvgIpc) is 3.24. The number of H-pyrrole nitrogens is 1. The van der Waals surface area contributed by atoms with Crippen molar-refractivity contribution in [1.82, 2.24) is 4.98 Å². The number of carbonyl (C=O) groups excluding carboxylic acids is 2. The smallest absolute Gasteiger partial charge is 0.340 e. The lowest BCUT2D eigenvalue weighted by molar-refractivity contribution is 0.0525. The number of aromatic amines is 1. The summed E-state index contributed by atoms with van der Waals surface area (Å²) in [6.45, 7) is 7.20. The van der Waals surface area contributed by atoms with Crippen LogP contribution in [-0.2, 0) is 4.74 Å². The Morgan fingerprint density at radius 2 is 1.80 bits per heavy atom. The Hall–Kier alpha value is -3.54. The van der Waals surface area contributed by atoms with Gasteiger partial charge in [-0.3, -0.25) is 4.79 Å². The third-order valence-corrected chi connectivity index (χ3v) is 5.19. The number of aryl methyl sites for hydroxylation is 1. The highest BCUT2D eigenvalue weighted by atomic mass is 16.5. The molecule has 0 fully saturated rings. The van der Waals surface area contributed by atoms with Crippen molar-refractivity contribution in [1.29, 1.82) is 0 Å². The predicted octanol–water partition coefficient (Wildman–Crippen LogP) is 5.36. The van der Waals surface area contributed by atoms with Crippen LogP contribution < -0.4 is 4.74 Å². The first-order valence-corrected chi connectivity index (χ1v) is 9.89. The Morgan fingerprint density at radius 1 is 1.07 bits per heavy atom. The molecule has 0 radical (unpaired) electrons. The van der Waals surface area contributed by atoms with Crippen molar-refractivity contribution in [2.45, 2.75) is 33.8 Å². The summed E-state index contributed by atoms with van der Waals surface area (Å²) in [5, 5.41) is 1.92. The van der Waals surface area contributed by atoms with Crippen LogP contribution in [0.1, 0.15) is 46.0 Å². The van der Waals surface area contributed by atoms with Crippen molar-refractivity contribution in [3.8, 4) is 5.75 Å². The predicted molar refractivity (Wildman–Crippen MR) is 114 cm³/mol. The van der Waals surface area contributed by atoms with E-state index in [1.54, 1.807) is 33.8 Å². The van der Waals surface area contributed by atoms with E-state index in [0.29, 0.717) is 28.3 Å². The molecule has 2 heterocycles. The van der Waals surface area contributed by atoms with Crippen LogP contribution in [0.3, 0.4) is 0 Å². The van der Waals surface area contributed by atoms with Crippen molar-refractivity contribution < 1.29 is 23.5 Å². The number of ketones is 1. The van der Waals surface area contributed by atoms with Crippen molar-refractivity contribution in [2.24, 2.45) is 0 Å². The van der Waals surface area contributed by atoms with Gasteiger partial charge in [0.1, 0.15) is 16.9 Å². The zero-order valence-electron chi connectivity index (χ0n) is 17.4. The first kappa shape index (κ1) is 19.8. The number of Topliss-reactive ketones (excluding diaryl/α,β-unsaturated/α-hetero) is 1. The van der Waals surface area contributed by atoms with E-state index in [9.17, 15) is 9.59 Å². The summed E-state index contributed by atoms with van der Waals surface area (Å²) < 4.78 is 16.9. The van der Waals surface area contributed by atoms with Crippen LogP contribution in [-0.4, -0.2) is 29.4 Å². The molecule has 0 aliphatic carbocycles. The standard InChI is InChI=1S/C24H23NO5/c1-5-28-24(27)21-13(2)22(25-14(21)3)23(26)15(4)29-16-10-11-20-18(12-16)17-8-6-7-9-19(17)30-20/h6-12,15,25H,5H2,1-4H3/t15-/m1/s1. The second-order valence-electron chi connectivity index (χ2n) is 7.23. The van der Waals surface area contributed by atoms with E-state index in [2.05, 4.69) is 4.98 Å². The lowest BCUT2D eigenvalue weighted by atomic mass is 10.1. The molecule has 0 saturated heterocycles. The summed E-state index contributed by atoms with van der Waals surface area (Å²) in [5.74, 6) is -0.0987. The van der Waals surface area contributed by atoms with Gasteiger partial charge in [0.05, 0.1) is 17.9 Å². The number of para-hydroxylation sites is 1. The Balaban J connectivity index is 1.60. The number of benzene rings is 2. The Morgan fingerprint density at radius 3 is 2.57 bits per heavy atom. The quantitative estimate of drug-likeness (QED) is 0.345. The van der Waals surface area contributed by atoms with Crippen LogP contribution in [0.5, 0.6) is 5.75 Å². The van der Waals surface area contributed by atoms with Crippen LogP contribution >= 0.6 is 0 Å². The van der Waals surface area contributed by atoms with Crippen molar-refractivity contribution in [2.75, 3.05) is 6.61 Å². The molecule has 0 aliphatic heterocycles. The summed E-state index contributed by atoms with van der Waals surface area (Å²) in [5.41, 5.74) is 3.50. The monoisotopic (exact) mass is 405 g/mol. The van der Waals surface area contributed by atoms with Crippen LogP contribution in [0, 0.1) is 13.8 Å². The Labute approximate surface area is 173 Å². The van der Waals surface area contributed by atoms with E-state index in [-0.39, 0.29) is 12.4 Å². The SMILES string of the molecule is CCOC(=O)c1c(C)[nH]c(C(=O)[C@@H](C)Oc2ccc3oc4ccccc4c3c2)c1C. The Kier molecular flexibility index (Phi) is 5.08. The van der Waals surface area contributed by atoms with Gasteiger partial charge in [-0.15, -0.1) is 0 Å². The number of carbonyl (C=O) groups is 2. The molecule has 1 atom stereocenters. The molecule has 0 spiro atoms. The number of rotatable bonds is 6. The minimum absolute atomic E-state index is 0.233. The molecule has 0 saturated carbocycles. The molecule has 0 unspecified atom stereocenters. The minimum atomic E-state index is -0.743.